The second-order valence-electron chi connectivity index (χ2n) is 3.30. The maximum absolute atomic E-state index is 3.44. The summed E-state index contributed by atoms with van der Waals surface area (Å²) in [6.45, 7) is 8.78. The molecule has 1 heterocycles. The van der Waals surface area contributed by atoms with Crippen LogP contribution >= 0.6 is 11.8 Å². The SMILES string of the molecule is CC1NC(C)SC(C)(C)N1. The highest BCUT2D eigenvalue weighted by Crippen LogP contribution is 2.28. The van der Waals surface area contributed by atoms with E-state index in [-0.39, 0.29) is 4.87 Å². The summed E-state index contributed by atoms with van der Waals surface area (Å²) in [6.07, 6.45) is 0.436. The standard InChI is InChI=1S/C7H16N2S/c1-5-8-6(2)10-7(3,4)9-5/h5-6,8-9H,1-4H3. The van der Waals surface area contributed by atoms with Crippen molar-refractivity contribution in [3.05, 3.63) is 0 Å². The van der Waals surface area contributed by atoms with Crippen LogP contribution in [0, 0.1) is 0 Å². The first-order valence-electron chi connectivity index (χ1n) is 3.71. The Bertz CT molecular complexity index is 113. The Kier molecular flexibility index (Phi) is 2.28. The minimum absolute atomic E-state index is 0.226. The monoisotopic (exact) mass is 160 g/mol. The highest BCUT2D eigenvalue weighted by atomic mass is 32.2. The Morgan fingerprint density at radius 2 is 1.90 bits per heavy atom. The van der Waals surface area contributed by atoms with Gasteiger partial charge in [-0.05, 0) is 27.7 Å². The van der Waals surface area contributed by atoms with Crippen molar-refractivity contribution in [3.8, 4) is 0 Å². The fourth-order valence-corrected chi connectivity index (χ4v) is 2.83. The molecule has 1 saturated heterocycles. The second-order valence-corrected chi connectivity index (χ2v) is 5.27. The molecule has 10 heavy (non-hydrogen) atoms. The number of rotatable bonds is 0. The average Bonchev–Trinajstić information content (AvgIpc) is 1.54. The van der Waals surface area contributed by atoms with Crippen LogP contribution in [0.3, 0.4) is 0 Å². The van der Waals surface area contributed by atoms with E-state index in [4.69, 9.17) is 0 Å². The van der Waals surface area contributed by atoms with Crippen molar-refractivity contribution >= 4 is 11.8 Å². The molecule has 2 N–H and O–H groups in total. The fourth-order valence-electron chi connectivity index (χ4n) is 1.43. The molecule has 2 atom stereocenters. The first-order valence-corrected chi connectivity index (χ1v) is 4.59. The van der Waals surface area contributed by atoms with Gasteiger partial charge in [0.1, 0.15) is 0 Å². The Balaban J connectivity index is 2.51. The van der Waals surface area contributed by atoms with Gasteiger partial charge in [-0.2, -0.15) is 0 Å². The predicted molar refractivity (Wildman–Crippen MR) is 46.9 cm³/mol. The molecule has 0 aromatic heterocycles. The zero-order valence-electron chi connectivity index (χ0n) is 7.06. The first-order chi connectivity index (χ1) is 4.49. The van der Waals surface area contributed by atoms with Gasteiger partial charge in [-0.15, -0.1) is 11.8 Å². The summed E-state index contributed by atoms with van der Waals surface area (Å²) in [5.41, 5.74) is 0. The van der Waals surface area contributed by atoms with Crippen molar-refractivity contribution in [2.45, 2.75) is 44.1 Å². The predicted octanol–water partition coefficient (Wildman–Crippen LogP) is 1.34. The third kappa shape index (κ3) is 2.15. The van der Waals surface area contributed by atoms with Crippen LogP contribution < -0.4 is 10.6 Å². The summed E-state index contributed by atoms with van der Waals surface area (Å²) in [6, 6.07) is 0. The van der Waals surface area contributed by atoms with E-state index in [0.29, 0.717) is 11.5 Å². The molecule has 0 spiro atoms. The highest BCUT2D eigenvalue weighted by molar-refractivity contribution is 8.01. The van der Waals surface area contributed by atoms with E-state index in [0.717, 1.165) is 0 Å². The summed E-state index contributed by atoms with van der Waals surface area (Å²) in [5, 5.41) is 7.39. The third-order valence-corrected chi connectivity index (χ3v) is 2.72. The number of hydrogen-bond donors (Lipinski definition) is 2. The molecular weight excluding hydrogens is 144 g/mol. The fraction of sp³-hybridized carbons (Fsp3) is 1.00. The molecule has 0 saturated carbocycles. The lowest BCUT2D eigenvalue weighted by Crippen LogP contribution is -2.57. The molecule has 0 aromatic carbocycles. The number of thioether (sulfide) groups is 1. The number of hydrogen-bond acceptors (Lipinski definition) is 3. The van der Waals surface area contributed by atoms with Gasteiger partial charge < -0.3 is 0 Å². The Morgan fingerprint density at radius 1 is 1.30 bits per heavy atom. The van der Waals surface area contributed by atoms with E-state index in [1.54, 1.807) is 0 Å². The van der Waals surface area contributed by atoms with Crippen molar-refractivity contribution in [1.29, 1.82) is 0 Å². The van der Waals surface area contributed by atoms with E-state index in [2.05, 4.69) is 38.3 Å². The highest BCUT2D eigenvalue weighted by Gasteiger charge is 2.28. The zero-order chi connectivity index (χ0) is 7.78. The van der Waals surface area contributed by atoms with E-state index >= 15 is 0 Å². The Morgan fingerprint density at radius 3 is 2.30 bits per heavy atom. The van der Waals surface area contributed by atoms with Crippen LogP contribution in [0.25, 0.3) is 0 Å². The molecule has 0 aromatic rings. The van der Waals surface area contributed by atoms with Gasteiger partial charge in [0, 0.05) is 0 Å². The Hall–Kier alpha value is 0.270. The molecule has 1 fully saturated rings. The largest absolute Gasteiger partial charge is 0.290 e. The van der Waals surface area contributed by atoms with E-state index < -0.39 is 0 Å². The van der Waals surface area contributed by atoms with Gasteiger partial charge in [-0.3, -0.25) is 10.6 Å². The van der Waals surface area contributed by atoms with Crippen molar-refractivity contribution in [3.63, 3.8) is 0 Å². The average molecular weight is 160 g/mol. The van der Waals surface area contributed by atoms with Gasteiger partial charge in [-0.25, -0.2) is 0 Å². The van der Waals surface area contributed by atoms with Gasteiger partial charge in [0.2, 0.25) is 0 Å². The molecule has 0 bridgehead atoms. The topological polar surface area (TPSA) is 24.1 Å². The van der Waals surface area contributed by atoms with Crippen LogP contribution in [-0.4, -0.2) is 16.4 Å². The van der Waals surface area contributed by atoms with E-state index in [1.165, 1.54) is 0 Å². The summed E-state index contributed by atoms with van der Waals surface area (Å²) in [4.78, 5) is 0.226. The molecule has 1 rings (SSSR count). The van der Waals surface area contributed by atoms with Gasteiger partial charge in [0.25, 0.3) is 0 Å². The summed E-state index contributed by atoms with van der Waals surface area (Å²) in [7, 11) is 0. The second kappa shape index (κ2) is 2.72. The smallest absolute Gasteiger partial charge is 0.0615 e. The van der Waals surface area contributed by atoms with Crippen molar-refractivity contribution in [2.75, 3.05) is 0 Å². The van der Waals surface area contributed by atoms with E-state index in [9.17, 15) is 0 Å². The maximum Gasteiger partial charge on any atom is 0.0615 e. The van der Waals surface area contributed by atoms with Crippen LogP contribution in [0.15, 0.2) is 0 Å². The zero-order valence-corrected chi connectivity index (χ0v) is 7.88. The lowest BCUT2D eigenvalue weighted by atomic mass is 10.3. The van der Waals surface area contributed by atoms with Crippen LogP contribution in [-0.2, 0) is 0 Å². The minimum Gasteiger partial charge on any atom is -0.290 e. The maximum atomic E-state index is 3.44. The van der Waals surface area contributed by atoms with Gasteiger partial charge >= 0.3 is 0 Å². The molecule has 0 aliphatic carbocycles. The van der Waals surface area contributed by atoms with E-state index in [1.807, 2.05) is 11.8 Å². The minimum atomic E-state index is 0.226. The molecule has 0 radical (unpaired) electrons. The normalized spacial score (nSPS) is 39.6. The van der Waals surface area contributed by atoms with Gasteiger partial charge in [0.15, 0.2) is 0 Å². The van der Waals surface area contributed by atoms with Crippen molar-refractivity contribution in [1.82, 2.24) is 10.6 Å². The summed E-state index contributed by atoms with van der Waals surface area (Å²) < 4.78 is 0. The molecule has 1 aliphatic heterocycles. The molecule has 2 nitrogen and oxygen atoms in total. The van der Waals surface area contributed by atoms with Crippen molar-refractivity contribution < 1.29 is 0 Å². The molecule has 0 amide bonds. The Labute approximate surface area is 67.1 Å². The third-order valence-electron chi connectivity index (χ3n) is 1.52. The quantitative estimate of drug-likeness (QED) is 0.559. The van der Waals surface area contributed by atoms with Crippen LogP contribution in [0.4, 0.5) is 0 Å². The number of nitrogens with one attached hydrogen (secondary N) is 2. The molecule has 60 valence electrons. The summed E-state index contributed by atoms with van der Waals surface area (Å²) >= 11 is 1.93. The summed E-state index contributed by atoms with van der Waals surface area (Å²) in [5.74, 6) is 0. The molecule has 3 heteroatoms. The van der Waals surface area contributed by atoms with Crippen LogP contribution in [0.1, 0.15) is 27.7 Å². The van der Waals surface area contributed by atoms with Gasteiger partial charge in [-0.1, -0.05) is 0 Å². The molecule has 1 aliphatic rings. The lowest BCUT2D eigenvalue weighted by molar-refractivity contribution is 0.369. The van der Waals surface area contributed by atoms with Crippen LogP contribution in [0.5, 0.6) is 0 Å². The van der Waals surface area contributed by atoms with Crippen molar-refractivity contribution in [2.24, 2.45) is 0 Å². The van der Waals surface area contributed by atoms with Crippen LogP contribution in [0.2, 0.25) is 0 Å². The molecule has 2 unspecified atom stereocenters. The van der Waals surface area contributed by atoms with Gasteiger partial charge in [0.05, 0.1) is 16.4 Å². The molecular formula is C7H16N2S. The lowest BCUT2D eigenvalue weighted by Gasteiger charge is -2.39. The first kappa shape index (κ1) is 8.37.